The van der Waals surface area contributed by atoms with Crippen molar-refractivity contribution < 1.29 is 14.3 Å². The summed E-state index contributed by atoms with van der Waals surface area (Å²) in [4.78, 5) is 28.3. The molecule has 0 aromatic heterocycles. The van der Waals surface area contributed by atoms with E-state index in [0.29, 0.717) is 25.3 Å². The van der Waals surface area contributed by atoms with Gasteiger partial charge in [0.25, 0.3) is 0 Å². The number of carbonyl (C=O) groups is 2. The molecule has 0 saturated carbocycles. The van der Waals surface area contributed by atoms with Crippen molar-refractivity contribution >= 4 is 23.6 Å². The van der Waals surface area contributed by atoms with Gasteiger partial charge in [0.1, 0.15) is 11.8 Å². The average molecular weight is 415 g/mol. The third kappa shape index (κ3) is 7.46. The fourth-order valence-corrected chi connectivity index (χ4v) is 3.72. The molecular formula is C23H30N2O3S. The minimum absolute atomic E-state index is 0.0320. The van der Waals surface area contributed by atoms with E-state index in [9.17, 15) is 9.59 Å². The summed E-state index contributed by atoms with van der Waals surface area (Å²) in [6, 6.07) is 17.1. The highest BCUT2D eigenvalue weighted by Gasteiger charge is 2.25. The number of thioether (sulfide) groups is 1. The van der Waals surface area contributed by atoms with Crippen molar-refractivity contribution in [3.05, 3.63) is 60.2 Å². The second-order valence-corrected chi connectivity index (χ2v) is 7.92. The Morgan fingerprint density at radius 2 is 1.90 bits per heavy atom. The highest BCUT2D eigenvalue weighted by molar-refractivity contribution is 7.99. The Bertz CT molecular complexity index is 783. The number of benzene rings is 2. The van der Waals surface area contributed by atoms with Gasteiger partial charge in [-0.3, -0.25) is 9.59 Å². The van der Waals surface area contributed by atoms with Crippen LogP contribution in [0.5, 0.6) is 5.75 Å². The summed E-state index contributed by atoms with van der Waals surface area (Å²) in [5.41, 5.74) is 0.934. The van der Waals surface area contributed by atoms with Gasteiger partial charge in [-0.25, -0.2) is 0 Å². The van der Waals surface area contributed by atoms with E-state index >= 15 is 0 Å². The lowest BCUT2D eigenvalue weighted by molar-refractivity contribution is -0.140. The Hall–Kier alpha value is -2.47. The van der Waals surface area contributed by atoms with Crippen LogP contribution in [0, 0.1) is 0 Å². The van der Waals surface area contributed by atoms with Crippen LogP contribution in [0.4, 0.5) is 0 Å². The van der Waals surface area contributed by atoms with E-state index in [1.165, 1.54) is 0 Å². The molecule has 2 aromatic carbocycles. The van der Waals surface area contributed by atoms with Crippen LogP contribution >= 0.6 is 11.8 Å². The van der Waals surface area contributed by atoms with Gasteiger partial charge in [0.15, 0.2) is 0 Å². The van der Waals surface area contributed by atoms with Crippen LogP contribution in [0.15, 0.2) is 59.5 Å². The lowest BCUT2D eigenvalue weighted by atomic mass is 10.1. The summed E-state index contributed by atoms with van der Waals surface area (Å²) in [6.07, 6.45) is 1.23. The summed E-state index contributed by atoms with van der Waals surface area (Å²) in [7, 11) is 1.61. The van der Waals surface area contributed by atoms with Crippen LogP contribution in [-0.2, 0) is 16.1 Å². The molecule has 1 N–H and O–H groups in total. The molecule has 2 aromatic rings. The fraction of sp³-hybridized carbons (Fsp3) is 0.391. The topological polar surface area (TPSA) is 58.6 Å². The number of amides is 2. The number of nitrogens with one attached hydrogen (secondary N) is 1. The van der Waals surface area contributed by atoms with Crippen LogP contribution in [0.2, 0.25) is 0 Å². The van der Waals surface area contributed by atoms with Crippen LogP contribution in [0.1, 0.15) is 32.3 Å². The zero-order valence-corrected chi connectivity index (χ0v) is 18.2. The maximum absolute atomic E-state index is 13.0. The summed E-state index contributed by atoms with van der Waals surface area (Å²) < 4.78 is 5.29. The van der Waals surface area contributed by atoms with Gasteiger partial charge in [-0.15, -0.1) is 11.8 Å². The van der Waals surface area contributed by atoms with E-state index in [0.717, 1.165) is 22.6 Å². The first-order valence-corrected chi connectivity index (χ1v) is 10.9. The molecular weight excluding hydrogens is 384 g/mol. The highest BCUT2D eigenvalue weighted by atomic mass is 32.2. The summed E-state index contributed by atoms with van der Waals surface area (Å²) in [5.74, 6) is 1.24. The van der Waals surface area contributed by atoms with Gasteiger partial charge in [-0.2, -0.15) is 0 Å². The lowest BCUT2D eigenvalue weighted by Crippen LogP contribution is -2.47. The Labute approximate surface area is 177 Å². The van der Waals surface area contributed by atoms with Gasteiger partial charge in [0.2, 0.25) is 11.8 Å². The van der Waals surface area contributed by atoms with Crippen LogP contribution in [0.25, 0.3) is 0 Å². The second kappa shape index (κ2) is 12.2. The zero-order chi connectivity index (χ0) is 21.1. The number of methoxy groups -OCH3 is 1. The van der Waals surface area contributed by atoms with E-state index in [2.05, 4.69) is 5.32 Å². The highest BCUT2D eigenvalue weighted by Crippen LogP contribution is 2.20. The molecule has 0 heterocycles. The number of rotatable bonds is 11. The van der Waals surface area contributed by atoms with Crippen molar-refractivity contribution in [1.29, 1.82) is 0 Å². The molecule has 0 spiro atoms. The Morgan fingerprint density at radius 1 is 1.14 bits per heavy atom. The van der Waals surface area contributed by atoms with Crippen LogP contribution in [0.3, 0.4) is 0 Å². The number of ether oxygens (including phenoxy) is 1. The predicted molar refractivity (Wildman–Crippen MR) is 118 cm³/mol. The van der Waals surface area contributed by atoms with E-state index < -0.39 is 6.04 Å². The summed E-state index contributed by atoms with van der Waals surface area (Å²) in [5, 5.41) is 2.90. The number of hydrogen-bond acceptors (Lipinski definition) is 4. The third-order valence-corrected chi connectivity index (χ3v) is 5.55. The predicted octanol–water partition coefficient (Wildman–Crippen LogP) is 4.12. The minimum Gasteiger partial charge on any atom is -0.497 e. The average Bonchev–Trinajstić information content (AvgIpc) is 2.76. The van der Waals surface area contributed by atoms with Crippen LogP contribution in [-0.4, -0.2) is 42.2 Å². The van der Waals surface area contributed by atoms with Crippen molar-refractivity contribution in [3.63, 3.8) is 0 Å². The van der Waals surface area contributed by atoms with E-state index in [4.69, 9.17) is 4.74 Å². The number of nitrogens with zero attached hydrogens (tertiary/aromatic N) is 1. The van der Waals surface area contributed by atoms with Gasteiger partial charge in [-0.05, 0) is 43.2 Å². The molecule has 2 rings (SSSR count). The standard InChI is InChI=1S/C23H30N2O3S/c1-4-14-24-23(27)18(2)25(17-19-9-8-10-20(16-19)28-3)22(26)13-15-29-21-11-6-5-7-12-21/h5-12,16,18H,4,13-15,17H2,1-3H3,(H,24,27)/t18-/m1/s1. The molecule has 0 fully saturated rings. The van der Waals surface area contributed by atoms with Crippen molar-refractivity contribution in [1.82, 2.24) is 10.2 Å². The molecule has 0 saturated heterocycles. The maximum atomic E-state index is 13.0. The van der Waals surface area contributed by atoms with Crippen molar-refractivity contribution in [2.24, 2.45) is 0 Å². The quantitative estimate of drug-likeness (QED) is 0.562. The van der Waals surface area contributed by atoms with Gasteiger partial charge >= 0.3 is 0 Å². The van der Waals surface area contributed by atoms with Gasteiger partial charge in [0.05, 0.1) is 7.11 Å². The minimum atomic E-state index is -0.540. The normalized spacial score (nSPS) is 11.6. The Morgan fingerprint density at radius 3 is 2.59 bits per heavy atom. The van der Waals surface area contributed by atoms with Gasteiger partial charge < -0.3 is 15.0 Å². The van der Waals surface area contributed by atoms with Crippen molar-refractivity contribution in [2.75, 3.05) is 19.4 Å². The number of hydrogen-bond donors (Lipinski definition) is 1. The van der Waals surface area contributed by atoms with Crippen molar-refractivity contribution in [2.45, 2.75) is 44.2 Å². The largest absolute Gasteiger partial charge is 0.497 e. The molecule has 1 atom stereocenters. The number of carbonyl (C=O) groups excluding carboxylic acids is 2. The van der Waals surface area contributed by atoms with Crippen LogP contribution < -0.4 is 10.1 Å². The smallest absolute Gasteiger partial charge is 0.242 e. The summed E-state index contributed by atoms with van der Waals surface area (Å²) >= 11 is 1.64. The molecule has 29 heavy (non-hydrogen) atoms. The molecule has 0 aliphatic heterocycles. The molecule has 2 amide bonds. The monoisotopic (exact) mass is 414 g/mol. The molecule has 156 valence electrons. The molecule has 6 heteroatoms. The lowest BCUT2D eigenvalue weighted by Gasteiger charge is -2.29. The van der Waals surface area contributed by atoms with E-state index in [1.54, 1.807) is 30.7 Å². The summed E-state index contributed by atoms with van der Waals surface area (Å²) in [6.45, 7) is 4.76. The van der Waals surface area contributed by atoms with E-state index in [-0.39, 0.29) is 11.8 Å². The fourth-order valence-electron chi connectivity index (χ4n) is 2.86. The maximum Gasteiger partial charge on any atom is 0.242 e. The third-order valence-electron chi connectivity index (χ3n) is 4.53. The van der Waals surface area contributed by atoms with Gasteiger partial charge in [-0.1, -0.05) is 37.3 Å². The zero-order valence-electron chi connectivity index (χ0n) is 17.4. The Balaban J connectivity index is 2.07. The second-order valence-electron chi connectivity index (χ2n) is 6.75. The SMILES string of the molecule is CCCNC(=O)[C@@H](C)N(Cc1cccc(OC)c1)C(=O)CCSc1ccccc1. The molecule has 0 aliphatic carbocycles. The first kappa shape index (κ1) is 22.8. The first-order valence-electron chi connectivity index (χ1n) is 9.93. The molecule has 0 bridgehead atoms. The van der Waals surface area contributed by atoms with Gasteiger partial charge in [0, 0.05) is 30.2 Å². The molecule has 0 unspecified atom stereocenters. The molecule has 0 aliphatic rings. The first-order chi connectivity index (χ1) is 14.0. The van der Waals surface area contributed by atoms with Crippen molar-refractivity contribution in [3.8, 4) is 5.75 Å². The Kier molecular flexibility index (Phi) is 9.57. The molecule has 0 radical (unpaired) electrons. The van der Waals surface area contributed by atoms with E-state index in [1.807, 2.05) is 61.5 Å². The molecule has 5 nitrogen and oxygen atoms in total.